The molecule has 0 radical (unpaired) electrons. The summed E-state index contributed by atoms with van der Waals surface area (Å²) >= 11 is 0. The van der Waals surface area contributed by atoms with E-state index in [0.717, 1.165) is 24.2 Å². The van der Waals surface area contributed by atoms with Gasteiger partial charge in [-0.25, -0.2) is 0 Å². The summed E-state index contributed by atoms with van der Waals surface area (Å²) in [7, 11) is -0.877. The van der Waals surface area contributed by atoms with Crippen LogP contribution in [-0.4, -0.2) is 9.46 Å². The van der Waals surface area contributed by atoms with Gasteiger partial charge in [0.1, 0.15) is 0 Å². The molecule has 0 saturated heterocycles. The SMILES string of the molecule is O=S(c1ccccc1)C1CCc2ccccc2C1. The molecule has 1 aliphatic rings. The van der Waals surface area contributed by atoms with Crippen molar-refractivity contribution in [1.29, 1.82) is 0 Å². The molecule has 0 saturated carbocycles. The Labute approximate surface area is 110 Å². The van der Waals surface area contributed by atoms with Gasteiger partial charge >= 0.3 is 0 Å². The summed E-state index contributed by atoms with van der Waals surface area (Å²) in [5.41, 5.74) is 2.80. The predicted molar refractivity (Wildman–Crippen MR) is 75.1 cm³/mol. The lowest BCUT2D eigenvalue weighted by Gasteiger charge is -2.23. The molecular weight excluding hydrogens is 240 g/mol. The monoisotopic (exact) mass is 256 g/mol. The highest BCUT2D eigenvalue weighted by Crippen LogP contribution is 2.26. The van der Waals surface area contributed by atoms with Crippen molar-refractivity contribution >= 4 is 10.8 Å². The molecule has 0 bridgehead atoms. The summed E-state index contributed by atoms with van der Waals surface area (Å²) in [6.45, 7) is 0. The summed E-state index contributed by atoms with van der Waals surface area (Å²) in [4.78, 5) is 0.960. The van der Waals surface area contributed by atoms with Gasteiger partial charge < -0.3 is 0 Å². The van der Waals surface area contributed by atoms with Crippen molar-refractivity contribution in [2.24, 2.45) is 0 Å². The van der Waals surface area contributed by atoms with E-state index in [0.29, 0.717) is 0 Å². The molecule has 0 spiro atoms. The topological polar surface area (TPSA) is 17.1 Å². The van der Waals surface area contributed by atoms with Crippen LogP contribution in [0, 0.1) is 0 Å². The Morgan fingerprint density at radius 3 is 2.33 bits per heavy atom. The normalized spacial score (nSPS) is 20.1. The molecule has 1 nitrogen and oxygen atoms in total. The van der Waals surface area contributed by atoms with E-state index in [1.54, 1.807) is 0 Å². The molecule has 0 amide bonds. The van der Waals surface area contributed by atoms with Gasteiger partial charge in [-0.15, -0.1) is 0 Å². The van der Waals surface area contributed by atoms with E-state index >= 15 is 0 Å². The standard InChI is InChI=1S/C16H16OS/c17-18(15-8-2-1-3-9-15)16-11-10-13-6-4-5-7-14(13)12-16/h1-9,16H,10-12H2. The van der Waals surface area contributed by atoms with Gasteiger partial charge in [-0.2, -0.15) is 0 Å². The van der Waals surface area contributed by atoms with Crippen LogP contribution < -0.4 is 0 Å². The van der Waals surface area contributed by atoms with Crippen molar-refractivity contribution in [3.8, 4) is 0 Å². The predicted octanol–water partition coefficient (Wildman–Crippen LogP) is 3.35. The highest BCUT2D eigenvalue weighted by atomic mass is 32.2. The molecule has 3 rings (SSSR count). The van der Waals surface area contributed by atoms with Crippen molar-refractivity contribution in [2.75, 3.05) is 0 Å². The molecule has 2 unspecified atom stereocenters. The fourth-order valence-electron chi connectivity index (χ4n) is 2.59. The van der Waals surface area contributed by atoms with E-state index < -0.39 is 10.8 Å². The quantitative estimate of drug-likeness (QED) is 0.805. The van der Waals surface area contributed by atoms with Crippen LogP contribution in [0.3, 0.4) is 0 Å². The van der Waals surface area contributed by atoms with Crippen LogP contribution in [-0.2, 0) is 23.6 Å². The Bertz CT molecular complexity index is 562. The third kappa shape index (κ3) is 2.25. The minimum Gasteiger partial charge on any atom is -0.254 e. The smallest absolute Gasteiger partial charge is 0.0564 e. The molecule has 1 aliphatic carbocycles. The minimum absolute atomic E-state index is 0.266. The van der Waals surface area contributed by atoms with Crippen LogP contribution in [0.1, 0.15) is 17.5 Å². The third-order valence-corrected chi connectivity index (χ3v) is 5.32. The second-order valence-electron chi connectivity index (χ2n) is 4.74. The van der Waals surface area contributed by atoms with Gasteiger partial charge in [0, 0.05) is 10.1 Å². The van der Waals surface area contributed by atoms with Gasteiger partial charge in [0.2, 0.25) is 0 Å². The van der Waals surface area contributed by atoms with Crippen LogP contribution in [0.15, 0.2) is 59.5 Å². The highest BCUT2D eigenvalue weighted by molar-refractivity contribution is 7.85. The second kappa shape index (κ2) is 5.07. The third-order valence-electron chi connectivity index (χ3n) is 3.58. The molecule has 18 heavy (non-hydrogen) atoms. The number of hydrogen-bond acceptors (Lipinski definition) is 1. The first-order valence-electron chi connectivity index (χ1n) is 6.37. The van der Waals surface area contributed by atoms with Gasteiger partial charge in [-0.3, -0.25) is 4.21 Å². The van der Waals surface area contributed by atoms with E-state index in [1.165, 1.54) is 11.1 Å². The van der Waals surface area contributed by atoms with Crippen LogP contribution in [0.4, 0.5) is 0 Å². The average molecular weight is 256 g/mol. The Kier molecular flexibility index (Phi) is 3.28. The molecule has 2 aromatic rings. The van der Waals surface area contributed by atoms with Gasteiger partial charge in [-0.05, 0) is 42.5 Å². The van der Waals surface area contributed by atoms with E-state index in [2.05, 4.69) is 24.3 Å². The van der Waals surface area contributed by atoms with Crippen LogP contribution in [0.25, 0.3) is 0 Å². The molecular formula is C16H16OS. The zero-order valence-corrected chi connectivity index (χ0v) is 11.0. The Balaban J connectivity index is 1.82. The van der Waals surface area contributed by atoms with E-state index in [9.17, 15) is 4.21 Å². The van der Waals surface area contributed by atoms with Crippen molar-refractivity contribution in [3.05, 3.63) is 65.7 Å². The number of rotatable bonds is 2. The number of hydrogen-bond donors (Lipinski definition) is 0. The fourth-order valence-corrected chi connectivity index (χ4v) is 4.07. The van der Waals surface area contributed by atoms with Gasteiger partial charge in [0.05, 0.1) is 10.8 Å². The van der Waals surface area contributed by atoms with Gasteiger partial charge in [-0.1, -0.05) is 42.5 Å². The summed E-state index contributed by atoms with van der Waals surface area (Å²) in [5.74, 6) is 0. The number of fused-ring (bicyclic) bond motifs is 1. The number of benzene rings is 2. The number of aryl methyl sites for hydroxylation is 1. The summed E-state index contributed by atoms with van der Waals surface area (Å²) in [6, 6.07) is 18.4. The summed E-state index contributed by atoms with van der Waals surface area (Å²) in [6.07, 6.45) is 3.02. The summed E-state index contributed by atoms with van der Waals surface area (Å²) in [5, 5.41) is 0.266. The maximum absolute atomic E-state index is 12.5. The lowest BCUT2D eigenvalue weighted by atomic mass is 9.92. The Morgan fingerprint density at radius 2 is 1.56 bits per heavy atom. The van der Waals surface area contributed by atoms with Crippen molar-refractivity contribution in [1.82, 2.24) is 0 Å². The first-order chi connectivity index (χ1) is 8.84. The molecule has 2 aromatic carbocycles. The largest absolute Gasteiger partial charge is 0.254 e. The van der Waals surface area contributed by atoms with E-state index in [-0.39, 0.29) is 5.25 Å². The fraction of sp³-hybridized carbons (Fsp3) is 0.250. The molecule has 2 heteroatoms. The molecule has 0 fully saturated rings. The molecule has 2 atom stereocenters. The molecule has 0 aromatic heterocycles. The van der Waals surface area contributed by atoms with E-state index in [4.69, 9.17) is 0 Å². The zero-order valence-electron chi connectivity index (χ0n) is 10.2. The Hall–Kier alpha value is -1.41. The molecule has 0 heterocycles. The Morgan fingerprint density at radius 1 is 0.889 bits per heavy atom. The molecule has 0 N–H and O–H groups in total. The molecule has 92 valence electrons. The maximum Gasteiger partial charge on any atom is 0.0564 e. The van der Waals surface area contributed by atoms with Gasteiger partial charge in [0.15, 0.2) is 0 Å². The first kappa shape index (κ1) is 11.7. The van der Waals surface area contributed by atoms with Crippen molar-refractivity contribution in [3.63, 3.8) is 0 Å². The minimum atomic E-state index is -0.877. The molecule has 0 aliphatic heterocycles. The first-order valence-corrected chi connectivity index (χ1v) is 7.58. The van der Waals surface area contributed by atoms with Crippen LogP contribution in [0.5, 0.6) is 0 Å². The lowest BCUT2D eigenvalue weighted by molar-refractivity contribution is 0.637. The van der Waals surface area contributed by atoms with E-state index in [1.807, 2.05) is 30.3 Å². The second-order valence-corrected chi connectivity index (χ2v) is 6.48. The van der Waals surface area contributed by atoms with Crippen LogP contribution >= 0.6 is 0 Å². The average Bonchev–Trinajstić information content (AvgIpc) is 2.47. The van der Waals surface area contributed by atoms with Crippen LogP contribution in [0.2, 0.25) is 0 Å². The zero-order chi connectivity index (χ0) is 12.4. The summed E-state index contributed by atoms with van der Waals surface area (Å²) < 4.78 is 12.5. The highest BCUT2D eigenvalue weighted by Gasteiger charge is 2.23. The van der Waals surface area contributed by atoms with Crippen molar-refractivity contribution < 1.29 is 4.21 Å². The maximum atomic E-state index is 12.5. The van der Waals surface area contributed by atoms with Crippen molar-refractivity contribution in [2.45, 2.75) is 29.4 Å². The lowest BCUT2D eigenvalue weighted by Crippen LogP contribution is -2.24. The van der Waals surface area contributed by atoms with Gasteiger partial charge in [0.25, 0.3) is 0 Å².